The van der Waals surface area contributed by atoms with Gasteiger partial charge in [-0.25, -0.2) is 13.8 Å². The van der Waals surface area contributed by atoms with E-state index in [4.69, 9.17) is 4.98 Å². The van der Waals surface area contributed by atoms with Gasteiger partial charge in [-0.2, -0.15) is 5.10 Å². The number of likely N-dealkylation sites (N-methyl/N-ethyl adjacent to an activating group) is 1. The maximum Gasteiger partial charge on any atom is 0.226 e. The average molecular weight is 596 g/mol. The lowest BCUT2D eigenvalue weighted by molar-refractivity contribution is -0.118. The lowest BCUT2D eigenvalue weighted by Crippen LogP contribution is -2.20. The van der Waals surface area contributed by atoms with E-state index in [2.05, 4.69) is 35.8 Å². The Morgan fingerprint density at radius 1 is 0.977 bits per heavy atom. The van der Waals surface area contributed by atoms with Crippen molar-refractivity contribution in [3.8, 4) is 33.9 Å². The van der Waals surface area contributed by atoms with E-state index in [0.29, 0.717) is 68.2 Å². The molecule has 0 aliphatic rings. The highest BCUT2D eigenvalue weighted by Crippen LogP contribution is 2.34. The molecular formula is C32H31F2N9O. The maximum atomic E-state index is 15.3. The lowest BCUT2D eigenvalue weighted by Gasteiger charge is -2.12. The molecule has 224 valence electrons. The number of aromatic nitrogens is 6. The number of carbonyl (C=O) groups is 1. The topological polar surface area (TPSA) is 128 Å². The second-order valence-corrected chi connectivity index (χ2v) is 11.2. The zero-order valence-electron chi connectivity index (χ0n) is 24.7. The van der Waals surface area contributed by atoms with E-state index in [9.17, 15) is 9.18 Å². The smallest absolute Gasteiger partial charge is 0.226 e. The highest BCUT2D eigenvalue weighted by atomic mass is 19.1. The minimum Gasteiger partial charge on any atom is -0.384 e. The van der Waals surface area contributed by atoms with Crippen LogP contribution in [0.4, 0.5) is 20.2 Å². The average Bonchev–Trinajstić information content (AvgIpc) is 3.61. The van der Waals surface area contributed by atoms with Gasteiger partial charge in [-0.1, -0.05) is 13.8 Å². The van der Waals surface area contributed by atoms with Crippen LogP contribution in [0.2, 0.25) is 0 Å². The fourth-order valence-electron chi connectivity index (χ4n) is 4.89. The van der Waals surface area contributed by atoms with Crippen molar-refractivity contribution in [3.63, 3.8) is 0 Å². The van der Waals surface area contributed by atoms with Crippen LogP contribution < -0.4 is 10.6 Å². The third-order valence-corrected chi connectivity index (χ3v) is 7.17. The summed E-state index contributed by atoms with van der Waals surface area (Å²) >= 11 is 0. The van der Waals surface area contributed by atoms with Gasteiger partial charge in [0, 0.05) is 53.6 Å². The van der Waals surface area contributed by atoms with Crippen LogP contribution in [0, 0.1) is 17.6 Å². The number of amides is 1. The van der Waals surface area contributed by atoms with Gasteiger partial charge in [-0.3, -0.25) is 19.9 Å². The van der Waals surface area contributed by atoms with Gasteiger partial charge in [0.05, 0.1) is 23.1 Å². The number of nitrogens with zero attached hydrogens (tertiary/aromatic N) is 5. The zero-order valence-corrected chi connectivity index (χ0v) is 24.7. The molecule has 4 aromatic heterocycles. The molecule has 0 saturated carbocycles. The van der Waals surface area contributed by atoms with Crippen LogP contribution in [0.25, 0.3) is 55.8 Å². The molecule has 0 atom stereocenters. The van der Waals surface area contributed by atoms with Crippen molar-refractivity contribution in [1.29, 1.82) is 0 Å². The molecular weight excluding hydrogens is 564 g/mol. The number of pyridine rings is 2. The maximum absolute atomic E-state index is 15.3. The van der Waals surface area contributed by atoms with Crippen molar-refractivity contribution in [1.82, 2.24) is 35.0 Å². The molecule has 44 heavy (non-hydrogen) atoms. The first-order valence-corrected chi connectivity index (χ1v) is 14.1. The summed E-state index contributed by atoms with van der Waals surface area (Å²) in [6, 6.07) is 11.4. The van der Waals surface area contributed by atoms with Crippen LogP contribution in [0.5, 0.6) is 0 Å². The molecule has 1 amide bonds. The Bertz CT molecular complexity index is 2000. The minimum absolute atomic E-state index is 0.142. The van der Waals surface area contributed by atoms with E-state index in [0.717, 1.165) is 6.54 Å². The van der Waals surface area contributed by atoms with E-state index in [1.807, 2.05) is 25.1 Å². The summed E-state index contributed by atoms with van der Waals surface area (Å²) in [7, 11) is 3.95. The van der Waals surface area contributed by atoms with Gasteiger partial charge >= 0.3 is 0 Å². The van der Waals surface area contributed by atoms with Gasteiger partial charge in [0.15, 0.2) is 11.6 Å². The Morgan fingerprint density at radius 3 is 2.59 bits per heavy atom. The number of nitrogens with one attached hydrogen (secondary N) is 4. The predicted molar refractivity (Wildman–Crippen MR) is 168 cm³/mol. The molecule has 6 aromatic rings. The number of fused-ring (bicyclic) bond motifs is 2. The first-order valence-electron chi connectivity index (χ1n) is 14.1. The Morgan fingerprint density at radius 2 is 1.80 bits per heavy atom. The summed E-state index contributed by atoms with van der Waals surface area (Å²) < 4.78 is 30.0. The normalized spacial score (nSPS) is 11.6. The third-order valence-electron chi connectivity index (χ3n) is 7.17. The molecule has 0 unspecified atom stereocenters. The number of hydrogen-bond donors (Lipinski definition) is 4. The number of hydrogen-bond acceptors (Lipinski definition) is 7. The largest absolute Gasteiger partial charge is 0.384 e. The summed E-state index contributed by atoms with van der Waals surface area (Å²) in [6.07, 6.45) is 4.78. The van der Waals surface area contributed by atoms with Crippen molar-refractivity contribution in [2.45, 2.75) is 13.8 Å². The second-order valence-electron chi connectivity index (χ2n) is 11.2. The number of carbonyl (C=O) groups excluding carboxylic acids is 1. The molecule has 0 fully saturated rings. The molecule has 0 bridgehead atoms. The van der Waals surface area contributed by atoms with Crippen LogP contribution in [0.15, 0.2) is 61.1 Å². The number of imidazole rings is 1. The second kappa shape index (κ2) is 11.8. The van der Waals surface area contributed by atoms with Crippen LogP contribution in [0.3, 0.4) is 0 Å². The molecule has 12 heteroatoms. The summed E-state index contributed by atoms with van der Waals surface area (Å²) in [6.45, 7) is 5.04. The lowest BCUT2D eigenvalue weighted by atomic mass is 10.0. The van der Waals surface area contributed by atoms with Gasteiger partial charge in [0.25, 0.3) is 0 Å². The van der Waals surface area contributed by atoms with Crippen molar-refractivity contribution in [3.05, 3.63) is 72.7 Å². The van der Waals surface area contributed by atoms with Crippen molar-refractivity contribution < 1.29 is 13.6 Å². The molecule has 4 heterocycles. The van der Waals surface area contributed by atoms with E-state index >= 15 is 4.39 Å². The molecule has 0 saturated heterocycles. The predicted octanol–water partition coefficient (Wildman–Crippen LogP) is 6.08. The number of H-pyrrole nitrogens is 2. The minimum atomic E-state index is -0.524. The van der Waals surface area contributed by atoms with Gasteiger partial charge in [-0.05, 0) is 62.1 Å². The molecule has 4 N–H and O–H groups in total. The molecule has 0 radical (unpaired) electrons. The number of benzene rings is 2. The Hall–Kier alpha value is -5.23. The van der Waals surface area contributed by atoms with Gasteiger partial charge in [-0.15, -0.1) is 0 Å². The van der Waals surface area contributed by atoms with Crippen LogP contribution in [0.1, 0.15) is 13.8 Å². The Labute approximate surface area is 252 Å². The fraction of sp³-hybridized carbons (Fsp3) is 0.219. The zero-order chi connectivity index (χ0) is 31.0. The quantitative estimate of drug-likeness (QED) is 0.160. The van der Waals surface area contributed by atoms with Crippen molar-refractivity contribution in [2.75, 3.05) is 37.8 Å². The molecule has 6 rings (SSSR count). The SMILES string of the molecule is CC(C)C(=O)Nc1cncc(-c2cc(F)c3n[nH]c(-c4nc5c(-c6cc(F)cc(NCCN(C)C)c6)nccc5[nH]4)c3c2)c1. The summed E-state index contributed by atoms with van der Waals surface area (Å²) in [4.78, 5) is 31.1. The molecule has 0 spiro atoms. The Kier molecular flexibility index (Phi) is 7.75. The summed E-state index contributed by atoms with van der Waals surface area (Å²) in [5.41, 5.74) is 5.24. The molecule has 2 aromatic carbocycles. The Balaban J connectivity index is 1.38. The van der Waals surface area contributed by atoms with Gasteiger partial charge in [0.2, 0.25) is 5.91 Å². The highest BCUT2D eigenvalue weighted by Gasteiger charge is 2.19. The highest BCUT2D eigenvalue weighted by molar-refractivity contribution is 5.98. The van der Waals surface area contributed by atoms with Gasteiger partial charge < -0.3 is 20.5 Å². The van der Waals surface area contributed by atoms with E-state index < -0.39 is 11.6 Å². The first kappa shape index (κ1) is 28.9. The summed E-state index contributed by atoms with van der Waals surface area (Å²) in [5, 5.41) is 13.7. The number of aromatic amines is 2. The van der Waals surface area contributed by atoms with Crippen LogP contribution in [-0.4, -0.2) is 68.1 Å². The van der Waals surface area contributed by atoms with Gasteiger partial charge in [0.1, 0.15) is 22.5 Å². The van der Waals surface area contributed by atoms with E-state index in [1.165, 1.54) is 18.2 Å². The first-order chi connectivity index (χ1) is 21.2. The van der Waals surface area contributed by atoms with E-state index in [1.54, 1.807) is 50.6 Å². The number of anilines is 2. The standard InChI is InChI=1S/C32H31F2N9O/c1-17(2)32(44)38-23-11-20(15-35-16-23)18-12-24-28(25(34)13-18)41-42-29(24)31-39-26-5-6-37-27(30(26)40-31)19-9-21(33)14-22(10-19)36-7-8-43(3)4/h5-6,9-17,36H,7-8H2,1-4H3,(H,38,44)(H,39,40)(H,41,42). The monoisotopic (exact) mass is 595 g/mol. The number of halogens is 2. The number of rotatable bonds is 9. The van der Waals surface area contributed by atoms with Crippen molar-refractivity contribution in [2.24, 2.45) is 5.92 Å². The summed E-state index contributed by atoms with van der Waals surface area (Å²) in [5.74, 6) is -0.840. The van der Waals surface area contributed by atoms with Crippen LogP contribution >= 0.6 is 0 Å². The van der Waals surface area contributed by atoms with E-state index in [-0.39, 0.29) is 17.3 Å². The third kappa shape index (κ3) is 5.84. The van der Waals surface area contributed by atoms with Crippen LogP contribution in [-0.2, 0) is 4.79 Å². The molecule has 0 aliphatic carbocycles. The fourth-order valence-corrected chi connectivity index (χ4v) is 4.89. The van der Waals surface area contributed by atoms with Crippen molar-refractivity contribution >= 4 is 39.2 Å². The molecule has 10 nitrogen and oxygen atoms in total. The molecule has 0 aliphatic heterocycles.